The van der Waals surface area contributed by atoms with Crippen molar-refractivity contribution in [3.63, 3.8) is 0 Å². The van der Waals surface area contributed by atoms with Gasteiger partial charge in [-0.15, -0.1) is 0 Å². The van der Waals surface area contributed by atoms with Crippen LogP contribution in [0.4, 0.5) is 5.82 Å². The molecule has 2 heterocycles. The van der Waals surface area contributed by atoms with E-state index in [1.165, 1.54) is 38.5 Å². The zero-order chi connectivity index (χ0) is 14.3. The van der Waals surface area contributed by atoms with Gasteiger partial charge in [-0.3, -0.25) is 4.68 Å². The van der Waals surface area contributed by atoms with Gasteiger partial charge in [0.1, 0.15) is 10.8 Å². The number of piperidine rings is 1. The number of rotatable bonds is 2. The van der Waals surface area contributed by atoms with Crippen molar-refractivity contribution >= 4 is 23.0 Å². The first-order chi connectivity index (χ1) is 9.52. The molecule has 20 heavy (non-hydrogen) atoms. The predicted octanol–water partition coefficient (Wildman–Crippen LogP) is 2.52. The molecule has 1 aromatic heterocycles. The lowest BCUT2D eigenvalue weighted by Gasteiger charge is -2.40. The minimum atomic E-state index is 0.465. The van der Waals surface area contributed by atoms with Gasteiger partial charge in [0.25, 0.3) is 0 Å². The molecule has 3 rings (SSSR count). The highest BCUT2D eigenvalue weighted by Crippen LogP contribution is 2.46. The number of nitrogens with two attached hydrogens (primary N) is 1. The minimum Gasteiger partial charge on any atom is -0.389 e. The van der Waals surface area contributed by atoms with Crippen molar-refractivity contribution < 1.29 is 0 Å². The largest absolute Gasteiger partial charge is 0.389 e. The van der Waals surface area contributed by atoms with Gasteiger partial charge in [-0.2, -0.15) is 5.10 Å². The second-order valence-corrected chi connectivity index (χ2v) is 6.91. The fourth-order valence-corrected chi connectivity index (χ4v) is 4.35. The molecule has 1 aromatic rings. The summed E-state index contributed by atoms with van der Waals surface area (Å²) >= 11 is 5.22. The number of hydrogen-bond donors (Lipinski definition) is 1. The first kappa shape index (κ1) is 13.9. The van der Waals surface area contributed by atoms with E-state index in [0.29, 0.717) is 10.4 Å². The summed E-state index contributed by atoms with van der Waals surface area (Å²) < 4.78 is 1.94. The van der Waals surface area contributed by atoms with Crippen molar-refractivity contribution in [1.29, 1.82) is 0 Å². The predicted molar refractivity (Wildman–Crippen MR) is 86.2 cm³/mol. The van der Waals surface area contributed by atoms with Crippen LogP contribution in [-0.2, 0) is 7.05 Å². The molecule has 0 amide bonds. The topological polar surface area (TPSA) is 47.1 Å². The third kappa shape index (κ3) is 2.22. The Morgan fingerprint density at radius 1 is 1.20 bits per heavy atom. The zero-order valence-electron chi connectivity index (χ0n) is 12.5. The van der Waals surface area contributed by atoms with Crippen molar-refractivity contribution in [2.75, 3.05) is 18.0 Å². The molecule has 2 fully saturated rings. The smallest absolute Gasteiger partial charge is 0.137 e. The monoisotopic (exact) mass is 292 g/mol. The Morgan fingerprint density at radius 2 is 1.80 bits per heavy atom. The fraction of sp³-hybridized carbons (Fsp3) is 0.733. The van der Waals surface area contributed by atoms with Crippen LogP contribution in [0.5, 0.6) is 0 Å². The number of thiocarbonyl (C=S) groups is 1. The summed E-state index contributed by atoms with van der Waals surface area (Å²) in [6, 6.07) is 0. The number of nitrogens with zero attached hydrogens (tertiary/aromatic N) is 3. The van der Waals surface area contributed by atoms with E-state index in [4.69, 9.17) is 18.0 Å². The molecule has 1 aliphatic carbocycles. The van der Waals surface area contributed by atoms with E-state index in [1.807, 2.05) is 18.7 Å². The molecule has 0 atom stereocenters. The fourth-order valence-electron chi connectivity index (χ4n) is 4.12. The quantitative estimate of drug-likeness (QED) is 0.851. The summed E-state index contributed by atoms with van der Waals surface area (Å²) in [6.07, 6.45) is 8.29. The Hall–Kier alpha value is -1.10. The summed E-state index contributed by atoms with van der Waals surface area (Å²) in [7, 11) is 1.99. The first-order valence-electron chi connectivity index (χ1n) is 7.61. The summed E-state index contributed by atoms with van der Waals surface area (Å²) in [6.45, 7) is 4.20. The lowest BCUT2D eigenvalue weighted by molar-refractivity contribution is 0.225. The van der Waals surface area contributed by atoms with Crippen LogP contribution in [0.25, 0.3) is 0 Å². The SMILES string of the molecule is Cc1nn(C)c(N2CCC3(CCCC3)CC2)c1C(N)=S. The Balaban J connectivity index is 1.83. The highest BCUT2D eigenvalue weighted by molar-refractivity contribution is 7.80. The van der Waals surface area contributed by atoms with Crippen LogP contribution in [0.15, 0.2) is 0 Å². The van der Waals surface area contributed by atoms with Gasteiger partial charge in [0, 0.05) is 20.1 Å². The van der Waals surface area contributed by atoms with Crippen molar-refractivity contribution in [3.05, 3.63) is 11.3 Å². The lowest BCUT2D eigenvalue weighted by atomic mass is 9.77. The molecule has 5 heteroatoms. The van der Waals surface area contributed by atoms with Crippen LogP contribution in [0.3, 0.4) is 0 Å². The molecule has 1 saturated heterocycles. The highest BCUT2D eigenvalue weighted by Gasteiger charge is 2.38. The Bertz CT molecular complexity index is 518. The maximum absolute atomic E-state index is 5.90. The molecule has 110 valence electrons. The molecule has 1 aliphatic heterocycles. The van der Waals surface area contributed by atoms with Crippen molar-refractivity contribution in [2.45, 2.75) is 45.4 Å². The average molecular weight is 292 g/mol. The molecule has 0 aromatic carbocycles. The molecule has 0 unspecified atom stereocenters. The van der Waals surface area contributed by atoms with Crippen LogP contribution in [-0.4, -0.2) is 27.9 Å². The average Bonchev–Trinajstić information content (AvgIpc) is 2.96. The second kappa shape index (κ2) is 5.02. The van der Waals surface area contributed by atoms with Crippen LogP contribution in [0, 0.1) is 12.3 Å². The maximum Gasteiger partial charge on any atom is 0.137 e. The van der Waals surface area contributed by atoms with E-state index < -0.39 is 0 Å². The molecule has 0 radical (unpaired) electrons. The van der Waals surface area contributed by atoms with Crippen LogP contribution in [0.1, 0.15) is 49.8 Å². The lowest BCUT2D eigenvalue weighted by Crippen LogP contribution is -2.40. The van der Waals surface area contributed by atoms with E-state index >= 15 is 0 Å². The van der Waals surface area contributed by atoms with Gasteiger partial charge in [-0.1, -0.05) is 25.1 Å². The van der Waals surface area contributed by atoms with Crippen molar-refractivity contribution in [1.82, 2.24) is 9.78 Å². The minimum absolute atomic E-state index is 0.465. The van der Waals surface area contributed by atoms with Gasteiger partial charge in [0.2, 0.25) is 0 Å². The van der Waals surface area contributed by atoms with Crippen molar-refractivity contribution in [3.8, 4) is 0 Å². The molecular formula is C15H24N4S. The third-order valence-electron chi connectivity index (χ3n) is 5.23. The van der Waals surface area contributed by atoms with Gasteiger partial charge in [0.15, 0.2) is 0 Å². The van der Waals surface area contributed by atoms with E-state index in [0.717, 1.165) is 30.2 Å². The number of aryl methyl sites for hydroxylation is 2. The van der Waals surface area contributed by atoms with Gasteiger partial charge in [-0.25, -0.2) is 0 Å². The Morgan fingerprint density at radius 3 is 2.35 bits per heavy atom. The molecule has 4 nitrogen and oxygen atoms in total. The van der Waals surface area contributed by atoms with E-state index in [2.05, 4.69) is 10.00 Å². The standard InChI is InChI=1S/C15H24N4S/c1-11-12(13(16)20)14(18(2)17-11)19-9-7-15(8-10-19)5-3-4-6-15/h3-10H2,1-2H3,(H2,16,20). The number of anilines is 1. The molecule has 2 N–H and O–H groups in total. The molecule has 1 saturated carbocycles. The van der Waals surface area contributed by atoms with Crippen LogP contribution >= 0.6 is 12.2 Å². The normalized spacial score (nSPS) is 21.6. The zero-order valence-corrected chi connectivity index (χ0v) is 13.3. The summed E-state index contributed by atoms with van der Waals surface area (Å²) in [5, 5.41) is 4.50. The molecular weight excluding hydrogens is 268 g/mol. The van der Waals surface area contributed by atoms with Gasteiger partial charge in [-0.05, 0) is 38.0 Å². The number of hydrogen-bond acceptors (Lipinski definition) is 3. The second-order valence-electron chi connectivity index (χ2n) is 6.47. The molecule has 1 spiro atoms. The first-order valence-corrected chi connectivity index (χ1v) is 8.02. The summed E-state index contributed by atoms with van der Waals surface area (Å²) in [4.78, 5) is 2.89. The Labute approximate surface area is 126 Å². The van der Waals surface area contributed by atoms with E-state index in [9.17, 15) is 0 Å². The Kier molecular flexibility index (Phi) is 3.48. The maximum atomic E-state index is 5.90. The molecule has 0 bridgehead atoms. The third-order valence-corrected chi connectivity index (χ3v) is 5.43. The van der Waals surface area contributed by atoms with Crippen LogP contribution in [0.2, 0.25) is 0 Å². The van der Waals surface area contributed by atoms with Crippen LogP contribution < -0.4 is 10.6 Å². The van der Waals surface area contributed by atoms with Crippen molar-refractivity contribution in [2.24, 2.45) is 18.2 Å². The summed E-state index contributed by atoms with van der Waals surface area (Å²) in [5.74, 6) is 1.11. The highest BCUT2D eigenvalue weighted by atomic mass is 32.1. The van der Waals surface area contributed by atoms with Gasteiger partial charge < -0.3 is 10.6 Å². The van der Waals surface area contributed by atoms with E-state index in [1.54, 1.807) is 0 Å². The number of aromatic nitrogens is 2. The van der Waals surface area contributed by atoms with Gasteiger partial charge in [0.05, 0.1) is 11.3 Å². The molecule has 2 aliphatic rings. The summed E-state index contributed by atoms with van der Waals surface area (Å²) in [5.41, 5.74) is 8.44. The van der Waals surface area contributed by atoms with E-state index in [-0.39, 0.29) is 0 Å². The van der Waals surface area contributed by atoms with Gasteiger partial charge >= 0.3 is 0 Å².